The molecule has 1 unspecified atom stereocenters. The van der Waals surface area contributed by atoms with Crippen LogP contribution in [0.1, 0.15) is 107 Å². The van der Waals surface area contributed by atoms with Crippen LogP contribution in [0.3, 0.4) is 0 Å². The molecule has 1 heterocycles. The van der Waals surface area contributed by atoms with Crippen LogP contribution in [0.15, 0.2) is 47.5 Å². The molecule has 1 aliphatic heterocycles. The highest BCUT2D eigenvalue weighted by atomic mass is 35.5. The summed E-state index contributed by atoms with van der Waals surface area (Å²) in [6.07, 6.45) is 5.73. The number of halogens is 2. The van der Waals surface area contributed by atoms with Crippen molar-refractivity contribution < 1.29 is 23.9 Å². The molecule has 2 aliphatic rings. The summed E-state index contributed by atoms with van der Waals surface area (Å²) in [6.45, 7) is 8.94. The van der Waals surface area contributed by atoms with Gasteiger partial charge in [0, 0.05) is 17.7 Å². The van der Waals surface area contributed by atoms with Crippen molar-refractivity contribution in [3.63, 3.8) is 0 Å². The summed E-state index contributed by atoms with van der Waals surface area (Å²) in [5.41, 5.74) is 1.43. The van der Waals surface area contributed by atoms with Gasteiger partial charge in [-0.3, -0.25) is 19.4 Å². The van der Waals surface area contributed by atoms with Crippen LogP contribution in [0, 0.1) is 17.2 Å². The van der Waals surface area contributed by atoms with Crippen molar-refractivity contribution in [2.75, 3.05) is 6.54 Å². The summed E-state index contributed by atoms with van der Waals surface area (Å²) in [7, 11) is 0. The Labute approximate surface area is 252 Å². The number of nitrogens with zero attached hydrogens (tertiary/aromatic N) is 2. The second-order valence-corrected chi connectivity index (χ2v) is 12.6. The Morgan fingerprint density at radius 3 is 2.40 bits per heavy atom. The molecule has 1 atom stereocenters. The van der Waals surface area contributed by atoms with Gasteiger partial charge in [-0.15, -0.1) is 0 Å². The van der Waals surface area contributed by atoms with Crippen molar-refractivity contribution in [3.8, 4) is 0 Å². The molecule has 0 saturated heterocycles. The van der Waals surface area contributed by atoms with Crippen molar-refractivity contribution in [1.82, 2.24) is 10.2 Å². The Morgan fingerprint density at radius 2 is 1.83 bits per heavy atom. The first-order valence-electron chi connectivity index (χ1n) is 14.9. The van der Waals surface area contributed by atoms with Crippen LogP contribution in [0.5, 0.6) is 0 Å². The maximum Gasteiger partial charge on any atom is 0.305 e. The molecule has 42 heavy (non-hydrogen) atoms. The molecule has 1 aliphatic carbocycles. The summed E-state index contributed by atoms with van der Waals surface area (Å²) in [6, 6.07) is 11.2. The summed E-state index contributed by atoms with van der Waals surface area (Å²) >= 11 is 5.95. The molecule has 9 heteroatoms. The Hall–Kier alpha value is -3.26. The number of benzene rings is 2. The largest absolute Gasteiger partial charge is 0.481 e. The van der Waals surface area contributed by atoms with Crippen LogP contribution in [-0.4, -0.2) is 45.7 Å². The molecule has 0 bridgehead atoms. The van der Waals surface area contributed by atoms with E-state index in [1.54, 1.807) is 18.2 Å². The quantitative estimate of drug-likeness (QED) is 0.287. The van der Waals surface area contributed by atoms with Gasteiger partial charge in [-0.25, -0.2) is 4.39 Å². The number of rotatable bonds is 11. The predicted molar refractivity (Wildman–Crippen MR) is 162 cm³/mol. The van der Waals surface area contributed by atoms with E-state index in [0.29, 0.717) is 23.5 Å². The van der Waals surface area contributed by atoms with E-state index in [1.807, 2.05) is 17.0 Å². The van der Waals surface area contributed by atoms with Gasteiger partial charge in [0.2, 0.25) is 0 Å². The van der Waals surface area contributed by atoms with E-state index < -0.39 is 17.4 Å². The van der Waals surface area contributed by atoms with Gasteiger partial charge < -0.3 is 15.3 Å². The third-order valence-corrected chi connectivity index (χ3v) is 9.55. The molecular weight excluding hydrogens is 557 g/mol. The molecule has 0 aromatic heterocycles. The lowest BCUT2D eigenvalue weighted by molar-refractivity contribution is -0.137. The minimum atomic E-state index is -0.979. The molecule has 2 amide bonds. The molecule has 0 radical (unpaired) electrons. The standard InChI is InChI=1S/C33H41ClFN3O4/c1-5-7-27(21-8-10-22(11-9-21)30(41)36-19-16-28(39)40)38-31(42)29(23-12-13-25(34)26(35)20-23)37-33(38)17-14-24(15-18-33)32(3,4)6-2/h8-13,20,24,27H,5-7,14-19H2,1-4H3,(H,36,41)(H,39,40). The van der Waals surface area contributed by atoms with Gasteiger partial charge in [-0.2, -0.15) is 0 Å². The number of aliphatic imine (C=N–C) groups is 1. The topological polar surface area (TPSA) is 99.1 Å². The van der Waals surface area contributed by atoms with Gasteiger partial charge >= 0.3 is 5.97 Å². The number of hydrogen-bond acceptors (Lipinski definition) is 4. The molecule has 2 aromatic carbocycles. The molecule has 4 rings (SSSR count). The van der Waals surface area contributed by atoms with Crippen LogP contribution >= 0.6 is 11.6 Å². The van der Waals surface area contributed by atoms with Gasteiger partial charge in [0.1, 0.15) is 17.2 Å². The number of carboxylic acids is 1. The third-order valence-electron chi connectivity index (χ3n) is 9.24. The van der Waals surface area contributed by atoms with Crippen molar-refractivity contribution in [3.05, 3.63) is 70.0 Å². The van der Waals surface area contributed by atoms with Gasteiger partial charge in [0.15, 0.2) is 0 Å². The summed E-state index contributed by atoms with van der Waals surface area (Å²) < 4.78 is 14.5. The first kappa shape index (κ1) is 31.7. The molecule has 226 valence electrons. The Morgan fingerprint density at radius 1 is 1.17 bits per heavy atom. The Balaban J connectivity index is 1.69. The van der Waals surface area contributed by atoms with E-state index in [2.05, 4.69) is 33.0 Å². The lowest BCUT2D eigenvalue weighted by atomic mass is 9.67. The molecule has 1 fully saturated rings. The fourth-order valence-electron chi connectivity index (χ4n) is 6.34. The minimum absolute atomic E-state index is 0.00498. The molecule has 7 nitrogen and oxygen atoms in total. The van der Waals surface area contributed by atoms with Crippen molar-refractivity contribution in [2.45, 2.75) is 90.8 Å². The number of carboxylic acid groups (broad SMARTS) is 1. The Bertz CT molecular complexity index is 1350. The van der Waals surface area contributed by atoms with E-state index in [1.165, 1.54) is 12.1 Å². The second kappa shape index (κ2) is 12.9. The van der Waals surface area contributed by atoms with Gasteiger partial charge in [-0.05, 0) is 73.3 Å². The predicted octanol–water partition coefficient (Wildman–Crippen LogP) is 7.18. The van der Waals surface area contributed by atoms with Crippen molar-refractivity contribution in [2.24, 2.45) is 16.3 Å². The number of carbonyl (C=O) groups excluding carboxylic acids is 2. The van der Waals surface area contributed by atoms with E-state index in [9.17, 15) is 18.8 Å². The van der Waals surface area contributed by atoms with Crippen LogP contribution in [0.25, 0.3) is 0 Å². The molecule has 2 N–H and O–H groups in total. The first-order chi connectivity index (χ1) is 19.9. The van der Waals surface area contributed by atoms with E-state index >= 15 is 0 Å². The van der Waals surface area contributed by atoms with E-state index in [-0.39, 0.29) is 47.0 Å². The summed E-state index contributed by atoms with van der Waals surface area (Å²) in [4.78, 5) is 44.7. The smallest absolute Gasteiger partial charge is 0.305 e. The zero-order chi connectivity index (χ0) is 30.7. The maximum absolute atomic E-state index is 14.5. The van der Waals surface area contributed by atoms with Crippen LogP contribution < -0.4 is 5.32 Å². The molecule has 1 saturated carbocycles. The Kier molecular flexibility index (Phi) is 9.76. The highest BCUT2D eigenvalue weighted by molar-refractivity contribution is 6.47. The minimum Gasteiger partial charge on any atom is -0.481 e. The molecule has 2 aromatic rings. The number of nitrogens with one attached hydrogen (secondary N) is 1. The molecular formula is C33H41ClFN3O4. The van der Waals surface area contributed by atoms with Crippen LogP contribution in [0.2, 0.25) is 5.02 Å². The van der Waals surface area contributed by atoms with Crippen molar-refractivity contribution >= 4 is 35.1 Å². The van der Waals surface area contributed by atoms with Gasteiger partial charge in [0.25, 0.3) is 11.8 Å². The van der Waals surface area contributed by atoms with Crippen molar-refractivity contribution in [1.29, 1.82) is 0 Å². The number of aliphatic carboxylic acids is 1. The monoisotopic (exact) mass is 597 g/mol. The normalized spacial score (nSPS) is 21.4. The van der Waals surface area contributed by atoms with Crippen LogP contribution in [0.4, 0.5) is 4.39 Å². The average Bonchev–Trinajstić information content (AvgIpc) is 3.24. The summed E-state index contributed by atoms with van der Waals surface area (Å²) in [5.74, 6) is -1.63. The zero-order valence-electron chi connectivity index (χ0n) is 24.9. The third kappa shape index (κ3) is 6.54. The summed E-state index contributed by atoms with van der Waals surface area (Å²) in [5, 5.41) is 11.5. The second-order valence-electron chi connectivity index (χ2n) is 12.2. The number of carbonyl (C=O) groups is 3. The van der Waals surface area contributed by atoms with Crippen LogP contribution in [-0.2, 0) is 9.59 Å². The average molecular weight is 598 g/mol. The maximum atomic E-state index is 14.5. The van der Waals surface area contributed by atoms with Gasteiger partial charge in [0.05, 0.1) is 17.5 Å². The van der Waals surface area contributed by atoms with E-state index in [4.69, 9.17) is 21.7 Å². The first-order valence-corrected chi connectivity index (χ1v) is 15.3. The number of amides is 2. The van der Waals surface area contributed by atoms with E-state index in [0.717, 1.165) is 44.1 Å². The fourth-order valence-corrected chi connectivity index (χ4v) is 6.46. The number of hydrogen-bond donors (Lipinski definition) is 2. The highest BCUT2D eigenvalue weighted by Gasteiger charge is 2.52. The SMILES string of the molecule is CCCC(c1ccc(C(=O)NCCC(=O)O)cc1)N1C(=O)C(c2ccc(Cl)c(F)c2)=NC12CCC(C(C)(C)CC)CC2. The lowest BCUT2D eigenvalue weighted by Crippen LogP contribution is -2.51. The van der Waals surface area contributed by atoms with Gasteiger partial charge in [-0.1, -0.05) is 70.3 Å². The molecule has 1 spiro atoms. The lowest BCUT2D eigenvalue weighted by Gasteiger charge is -2.48. The fraction of sp³-hybridized carbons (Fsp3) is 0.515. The highest BCUT2D eigenvalue weighted by Crippen LogP contribution is 2.50. The zero-order valence-corrected chi connectivity index (χ0v) is 25.6.